The molecule has 8 heteroatoms. The van der Waals surface area contributed by atoms with E-state index in [9.17, 15) is 17.6 Å². The molecule has 0 unspecified atom stereocenters. The zero-order chi connectivity index (χ0) is 18.4. The molecule has 0 heterocycles. The van der Waals surface area contributed by atoms with E-state index in [0.29, 0.717) is 5.02 Å². The van der Waals surface area contributed by atoms with E-state index in [1.807, 2.05) is 0 Å². The lowest BCUT2D eigenvalue weighted by Crippen LogP contribution is -2.39. The normalized spacial score (nSPS) is 11.5. The van der Waals surface area contributed by atoms with Crippen molar-refractivity contribution < 1.29 is 17.6 Å². The third-order valence-electron chi connectivity index (χ3n) is 3.46. The van der Waals surface area contributed by atoms with Crippen LogP contribution in [0.2, 0.25) is 5.02 Å². The molecule has 134 valence electrons. The lowest BCUT2D eigenvalue weighted by atomic mass is 10.2. The van der Waals surface area contributed by atoms with E-state index < -0.39 is 15.9 Å². The van der Waals surface area contributed by atoms with Gasteiger partial charge in [-0.1, -0.05) is 35.9 Å². The molecule has 0 saturated heterocycles. The summed E-state index contributed by atoms with van der Waals surface area (Å²) in [7, 11) is -3.57. The van der Waals surface area contributed by atoms with Gasteiger partial charge in [-0.25, -0.2) is 12.8 Å². The number of amides is 1. The van der Waals surface area contributed by atoms with Crippen LogP contribution in [-0.2, 0) is 27.9 Å². The average Bonchev–Trinajstić information content (AvgIpc) is 2.55. The van der Waals surface area contributed by atoms with Crippen LogP contribution in [-0.4, -0.2) is 31.4 Å². The Hall–Kier alpha value is -1.96. The van der Waals surface area contributed by atoms with Crippen molar-refractivity contribution in [2.75, 3.05) is 12.8 Å². The van der Waals surface area contributed by atoms with Crippen molar-refractivity contribution in [2.24, 2.45) is 0 Å². The maximum atomic E-state index is 12.9. The standard InChI is InChI=1S/C17H18ClFN2O3S/c1-25(23,24)21(11-14-2-6-15(18)7-3-14)12-17(22)20-10-13-4-8-16(19)9-5-13/h2-9H,10-12H2,1H3,(H,20,22). The van der Waals surface area contributed by atoms with Gasteiger partial charge in [0, 0.05) is 18.1 Å². The predicted molar refractivity (Wildman–Crippen MR) is 95.0 cm³/mol. The van der Waals surface area contributed by atoms with E-state index in [0.717, 1.165) is 21.7 Å². The highest BCUT2D eigenvalue weighted by molar-refractivity contribution is 7.88. The van der Waals surface area contributed by atoms with Crippen molar-refractivity contribution in [3.63, 3.8) is 0 Å². The molecule has 2 rings (SSSR count). The quantitative estimate of drug-likeness (QED) is 0.797. The minimum Gasteiger partial charge on any atom is -0.351 e. The van der Waals surface area contributed by atoms with Crippen molar-refractivity contribution in [2.45, 2.75) is 13.1 Å². The number of carbonyl (C=O) groups excluding carboxylic acids is 1. The molecule has 1 amide bonds. The molecule has 0 radical (unpaired) electrons. The average molecular weight is 385 g/mol. The number of rotatable bonds is 7. The van der Waals surface area contributed by atoms with E-state index in [-0.39, 0.29) is 25.5 Å². The van der Waals surface area contributed by atoms with Gasteiger partial charge in [0.15, 0.2) is 0 Å². The zero-order valence-electron chi connectivity index (χ0n) is 13.6. The highest BCUT2D eigenvalue weighted by atomic mass is 35.5. The Morgan fingerprint density at radius 2 is 1.64 bits per heavy atom. The van der Waals surface area contributed by atoms with Crippen LogP contribution in [0.4, 0.5) is 4.39 Å². The highest BCUT2D eigenvalue weighted by Gasteiger charge is 2.20. The molecule has 0 spiro atoms. The van der Waals surface area contributed by atoms with Crippen LogP contribution in [0.1, 0.15) is 11.1 Å². The molecule has 2 aromatic carbocycles. The number of nitrogens with one attached hydrogen (secondary N) is 1. The lowest BCUT2D eigenvalue weighted by molar-refractivity contribution is -0.121. The summed E-state index contributed by atoms with van der Waals surface area (Å²) < 4.78 is 37.8. The van der Waals surface area contributed by atoms with Gasteiger partial charge in [0.2, 0.25) is 15.9 Å². The number of hydrogen-bond acceptors (Lipinski definition) is 3. The van der Waals surface area contributed by atoms with Crippen LogP contribution in [0.15, 0.2) is 48.5 Å². The first-order valence-electron chi connectivity index (χ1n) is 7.45. The maximum Gasteiger partial charge on any atom is 0.235 e. The summed E-state index contributed by atoms with van der Waals surface area (Å²) >= 11 is 5.81. The van der Waals surface area contributed by atoms with E-state index in [2.05, 4.69) is 5.32 Å². The first kappa shape index (κ1) is 19.4. The second-order valence-corrected chi connectivity index (χ2v) is 7.98. The van der Waals surface area contributed by atoms with Gasteiger partial charge in [-0.05, 0) is 35.4 Å². The number of nitrogens with zero attached hydrogens (tertiary/aromatic N) is 1. The summed E-state index contributed by atoms with van der Waals surface area (Å²) in [5, 5.41) is 3.18. The summed E-state index contributed by atoms with van der Waals surface area (Å²) in [6.45, 7) is -0.0414. The number of hydrogen-bond donors (Lipinski definition) is 1. The van der Waals surface area contributed by atoms with Crippen molar-refractivity contribution in [3.8, 4) is 0 Å². The Labute approximate surface area is 151 Å². The summed E-state index contributed by atoms with van der Waals surface area (Å²) in [5.74, 6) is -0.801. The largest absolute Gasteiger partial charge is 0.351 e. The summed E-state index contributed by atoms with van der Waals surface area (Å²) in [4.78, 5) is 12.1. The van der Waals surface area contributed by atoms with Gasteiger partial charge in [0.1, 0.15) is 5.82 Å². The van der Waals surface area contributed by atoms with Crippen molar-refractivity contribution >= 4 is 27.5 Å². The SMILES string of the molecule is CS(=O)(=O)N(CC(=O)NCc1ccc(F)cc1)Cc1ccc(Cl)cc1. The Kier molecular flexibility index (Phi) is 6.52. The van der Waals surface area contributed by atoms with Gasteiger partial charge in [0.25, 0.3) is 0 Å². The molecule has 2 aromatic rings. The second kappa shape index (κ2) is 8.42. The van der Waals surface area contributed by atoms with E-state index in [1.165, 1.54) is 12.1 Å². The Morgan fingerprint density at radius 1 is 1.08 bits per heavy atom. The molecule has 0 fully saturated rings. The van der Waals surface area contributed by atoms with E-state index >= 15 is 0 Å². The van der Waals surface area contributed by atoms with E-state index in [1.54, 1.807) is 36.4 Å². The monoisotopic (exact) mass is 384 g/mol. The minimum absolute atomic E-state index is 0.0694. The number of halogens is 2. The molecule has 0 saturated carbocycles. The van der Waals surface area contributed by atoms with Gasteiger partial charge < -0.3 is 5.32 Å². The van der Waals surface area contributed by atoms with Gasteiger partial charge >= 0.3 is 0 Å². The first-order valence-corrected chi connectivity index (χ1v) is 9.67. The Morgan fingerprint density at radius 3 is 2.20 bits per heavy atom. The molecule has 1 N–H and O–H groups in total. The van der Waals surface area contributed by atoms with E-state index in [4.69, 9.17) is 11.6 Å². The van der Waals surface area contributed by atoms with Crippen LogP contribution < -0.4 is 5.32 Å². The number of carbonyl (C=O) groups is 1. The van der Waals surface area contributed by atoms with Gasteiger partial charge in [-0.2, -0.15) is 4.31 Å². The second-order valence-electron chi connectivity index (χ2n) is 5.56. The lowest BCUT2D eigenvalue weighted by Gasteiger charge is -2.19. The van der Waals surface area contributed by atoms with Crippen molar-refractivity contribution in [1.82, 2.24) is 9.62 Å². The highest BCUT2D eigenvalue weighted by Crippen LogP contribution is 2.13. The van der Waals surface area contributed by atoms with Gasteiger partial charge in [-0.3, -0.25) is 4.79 Å². The van der Waals surface area contributed by atoms with Crippen LogP contribution >= 0.6 is 11.6 Å². The third kappa shape index (κ3) is 6.45. The van der Waals surface area contributed by atoms with Crippen LogP contribution in [0, 0.1) is 5.82 Å². The Bertz CT molecular complexity index is 824. The summed E-state index contributed by atoms with van der Waals surface area (Å²) in [6.07, 6.45) is 1.05. The third-order valence-corrected chi connectivity index (χ3v) is 4.91. The fourth-order valence-electron chi connectivity index (χ4n) is 2.10. The number of sulfonamides is 1. The molecule has 0 atom stereocenters. The number of benzene rings is 2. The van der Waals surface area contributed by atoms with Gasteiger partial charge in [0.05, 0.1) is 12.8 Å². The Balaban J connectivity index is 1.97. The molecule has 0 aliphatic carbocycles. The molecule has 0 aliphatic heterocycles. The zero-order valence-corrected chi connectivity index (χ0v) is 15.1. The topological polar surface area (TPSA) is 66.5 Å². The van der Waals surface area contributed by atoms with Crippen molar-refractivity contribution in [3.05, 3.63) is 70.5 Å². The summed E-state index contributed by atoms with van der Waals surface area (Å²) in [6, 6.07) is 12.4. The first-order chi connectivity index (χ1) is 11.7. The molecule has 0 aliphatic rings. The fourth-order valence-corrected chi connectivity index (χ4v) is 2.96. The molecule has 0 bridgehead atoms. The molecule has 25 heavy (non-hydrogen) atoms. The van der Waals surface area contributed by atoms with Gasteiger partial charge in [-0.15, -0.1) is 0 Å². The molecular weight excluding hydrogens is 367 g/mol. The fraction of sp³-hybridized carbons (Fsp3) is 0.235. The van der Waals surface area contributed by atoms with Crippen LogP contribution in [0.5, 0.6) is 0 Å². The molecular formula is C17H18ClFN2O3S. The maximum absolute atomic E-state index is 12.9. The van der Waals surface area contributed by atoms with Crippen LogP contribution in [0.25, 0.3) is 0 Å². The predicted octanol–water partition coefficient (Wildman–Crippen LogP) is 2.56. The van der Waals surface area contributed by atoms with Crippen LogP contribution in [0.3, 0.4) is 0 Å². The summed E-state index contributed by atoms with van der Waals surface area (Å²) in [5.41, 5.74) is 1.44. The molecule has 5 nitrogen and oxygen atoms in total. The smallest absolute Gasteiger partial charge is 0.235 e. The molecule has 0 aromatic heterocycles. The minimum atomic E-state index is -3.57. The van der Waals surface area contributed by atoms with Crippen molar-refractivity contribution in [1.29, 1.82) is 0 Å².